The minimum Gasteiger partial charge on any atom is -0.394 e. The van der Waals surface area contributed by atoms with Gasteiger partial charge in [0.2, 0.25) is 0 Å². The number of aliphatic hydroxyl groups excluding tert-OH is 2. The molecule has 0 amide bonds. The topological polar surface area (TPSA) is 107 Å². The zero-order valence-electron chi connectivity index (χ0n) is 10.5. The molecule has 0 fully saturated rings. The van der Waals surface area contributed by atoms with Crippen molar-refractivity contribution in [1.29, 1.82) is 0 Å². The normalized spacial score (nSPS) is 13.3. The number of hydrogen-bond donors (Lipinski definition) is 4. The summed E-state index contributed by atoms with van der Waals surface area (Å²) in [5.41, 5.74) is 0.740. The summed E-state index contributed by atoms with van der Waals surface area (Å²) in [5.74, 6) is 0. The van der Waals surface area contributed by atoms with Gasteiger partial charge in [0.1, 0.15) is 0 Å². The number of nitrogens with one attached hydrogen (secondary N) is 1. The molecule has 2 aromatic carbocycles. The van der Waals surface area contributed by atoms with Gasteiger partial charge in [-0.3, -0.25) is 4.55 Å². The van der Waals surface area contributed by atoms with E-state index in [0.717, 1.165) is 11.1 Å². The first-order valence-corrected chi connectivity index (χ1v) is 7.38. The molecule has 6 nitrogen and oxygen atoms in total. The Bertz CT molecular complexity index is 714. The second kappa shape index (κ2) is 5.76. The molecule has 2 rings (SSSR count). The van der Waals surface area contributed by atoms with Crippen LogP contribution in [0.5, 0.6) is 0 Å². The molecule has 1 atom stereocenters. The van der Waals surface area contributed by atoms with Crippen LogP contribution in [0.1, 0.15) is 0 Å². The fourth-order valence-corrected chi connectivity index (χ4v) is 2.31. The first kappa shape index (κ1) is 14.7. The van der Waals surface area contributed by atoms with E-state index in [2.05, 4.69) is 5.32 Å². The Kier molecular flexibility index (Phi) is 4.24. The molecular weight excluding hydrogens is 282 g/mol. The molecule has 1 unspecified atom stereocenters. The molecule has 0 aliphatic heterocycles. The molecule has 0 saturated carbocycles. The minimum absolute atomic E-state index is 0.151. The largest absolute Gasteiger partial charge is 0.394 e. The quantitative estimate of drug-likeness (QED) is 0.610. The fraction of sp³-hybridized carbons (Fsp3) is 0.231. The lowest BCUT2D eigenvalue weighted by Gasteiger charge is -2.11. The Morgan fingerprint density at radius 1 is 1.10 bits per heavy atom. The van der Waals surface area contributed by atoms with Gasteiger partial charge in [0.25, 0.3) is 10.1 Å². The zero-order chi connectivity index (χ0) is 14.8. The Labute approximate surface area is 116 Å². The number of fused-ring (bicyclic) bond motifs is 1. The highest BCUT2D eigenvalue weighted by atomic mass is 32.2. The lowest BCUT2D eigenvalue weighted by molar-refractivity contribution is 0.105. The standard InChI is InChI=1S/C13H15NO5S/c15-8-12(16)7-14-11-3-1-10-6-13(20(17,18)19)4-2-9(10)5-11/h1-6,12,14-16H,7-8H2,(H,17,18,19). The second-order valence-corrected chi connectivity index (χ2v) is 5.84. The summed E-state index contributed by atoms with van der Waals surface area (Å²) in [7, 11) is -4.21. The fourth-order valence-electron chi connectivity index (χ4n) is 1.79. The summed E-state index contributed by atoms with van der Waals surface area (Å²) in [4.78, 5) is -0.151. The summed E-state index contributed by atoms with van der Waals surface area (Å²) in [6.07, 6.45) is -0.840. The molecule has 0 aliphatic rings. The maximum atomic E-state index is 11.0. The van der Waals surface area contributed by atoms with Crippen molar-refractivity contribution in [3.8, 4) is 0 Å². The lowest BCUT2D eigenvalue weighted by Crippen LogP contribution is -2.22. The van der Waals surface area contributed by atoms with Gasteiger partial charge in [-0.1, -0.05) is 12.1 Å². The van der Waals surface area contributed by atoms with Gasteiger partial charge in [0.15, 0.2) is 0 Å². The molecule has 0 radical (unpaired) electrons. The summed E-state index contributed by atoms with van der Waals surface area (Å²) >= 11 is 0. The van der Waals surface area contributed by atoms with Gasteiger partial charge >= 0.3 is 0 Å². The number of rotatable bonds is 5. The third-order valence-corrected chi connectivity index (χ3v) is 3.71. The lowest BCUT2D eigenvalue weighted by atomic mass is 10.1. The summed E-state index contributed by atoms with van der Waals surface area (Å²) < 4.78 is 31.1. The van der Waals surface area contributed by atoms with E-state index in [0.29, 0.717) is 5.39 Å². The molecule has 0 aliphatic carbocycles. The van der Waals surface area contributed by atoms with Gasteiger partial charge in [-0.05, 0) is 35.0 Å². The average Bonchev–Trinajstić information content (AvgIpc) is 2.42. The van der Waals surface area contributed by atoms with Crippen molar-refractivity contribution < 1.29 is 23.2 Å². The van der Waals surface area contributed by atoms with Gasteiger partial charge in [-0.2, -0.15) is 8.42 Å². The van der Waals surface area contributed by atoms with E-state index in [4.69, 9.17) is 9.66 Å². The van der Waals surface area contributed by atoms with Crippen LogP contribution in [0.25, 0.3) is 10.8 Å². The average molecular weight is 297 g/mol. The molecule has 2 aromatic rings. The van der Waals surface area contributed by atoms with E-state index in [9.17, 15) is 13.5 Å². The highest BCUT2D eigenvalue weighted by molar-refractivity contribution is 7.85. The molecule has 7 heteroatoms. The predicted octanol–water partition coefficient (Wildman–Crippen LogP) is 0.852. The second-order valence-electron chi connectivity index (χ2n) is 4.42. The first-order valence-electron chi connectivity index (χ1n) is 5.94. The van der Waals surface area contributed by atoms with E-state index in [1.807, 2.05) is 0 Å². The number of hydrogen-bond acceptors (Lipinski definition) is 5. The third kappa shape index (κ3) is 3.45. The molecule has 20 heavy (non-hydrogen) atoms. The predicted molar refractivity (Wildman–Crippen MR) is 75.3 cm³/mol. The molecular formula is C13H15NO5S. The SMILES string of the molecule is O=S(=O)(O)c1ccc2cc(NCC(O)CO)ccc2c1. The van der Waals surface area contributed by atoms with Crippen LogP contribution in [0.2, 0.25) is 0 Å². The van der Waals surface area contributed by atoms with E-state index in [1.54, 1.807) is 24.3 Å². The Balaban J connectivity index is 2.27. The van der Waals surface area contributed by atoms with Gasteiger partial charge in [-0.15, -0.1) is 0 Å². The van der Waals surface area contributed by atoms with E-state index in [-0.39, 0.29) is 18.0 Å². The minimum atomic E-state index is -4.21. The highest BCUT2D eigenvalue weighted by Crippen LogP contribution is 2.22. The number of benzene rings is 2. The van der Waals surface area contributed by atoms with Crippen molar-refractivity contribution in [3.63, 3.8) is 0 Å². The van der Waals surface area contributed by atoms with Crippen LogP contribution < -0.4 is 5.32 Å². The van der Waals surface area contributed by atoms with E-state index in [1.165, 1.54) is 12.1 Å². The highest BCUT2D eigenvalue weighted by Gasteiger charge is 2.10. The Hall–Kier alpha value is -1.67. The van der Waals surface area contributed by atoms with Crippen molar-refractivity contribution >= 4 is 26.6 Å². The van der Waals surface area contributed by atoms with Crippen LogP contribution in [-0.2, 0) is 10.1 Å². The summed E-state index contributed by atoms with van der Waals surface area (Å²) in [6, 6.07) is 9.51. The van der Waals surface area contributed by atoms with Crippen LogP contribution in [0.3, 0.4) is 0 Å². The van der Waals surface area contributed by atoms with Crippen molar-refractivity contribution in [2.45, 2.75) is 11.0 Å². The molecule has 108 valence electrons. The maximum Gasteiger partial charge on any atom is 0.294 e. The van der Waals surface area contributed by atoms with Crippen molar-refractivity contribution in [2.24, 2.45) is 0 Å². The van der Waals surface area contributed by atoms with Crippen molar-refractivity contribution in [1.82, 2.24) is 0 Å². The Morgan fingerprint density at radius 2 is 1.75 bits per heavy atom. The van der Waals surface area contributed by atoms with E-state index >= 15 is 0 Å². The Morgan fingerprint density at radius 3 is 2.40 bits per heavy atom. The van der Waals surface area contributed by atoms with Crippen LogP contribution >= 0.6 is 0 Å². The van der Waals surface area contributed by atoms with Crippen molar-refractivity contribution in [3.05, 3.63) is 36.4 Å². The maximum absolute atomic E-state index is 11.0. The van der Waals surface area contributed by atoms with Crippen LogP contribution in [0, 0.1) is 0 Å². The van der Waals surface area contributed by atoms with Gasteiger partial charge in [0.05, 0.1) is 17.6 Å². The van der Waals surface area contributed by atoms with Gasteiger partial charge in [0, 0.05) is 12.2 Å². The molecule has 0 aromatic heterocycles. The first-order chi connectivity index (χ1) is 9.40. The monoisotopic (exact) mass is 297 g/mol. The van der Waals surface area contributed by atoms with Crippen LogP contribution in [0.4, 0.5) is 5.69 Å². The summed E-state index contributed by atoms with van der Waals surface area (Å²) in [6.45, 7) is -0.108. The molecule has 0 saturated heterocycles. The number of aliphatic hydroxyl groups is 2. The van der Waals surface area contributed by atoms with Crippen molar-refractivity contribution in [2.75, 3.05) is 18.5 Å². The number of anilines is 1. The molecule has 0 spiro atoms. The zero-order valence-corrected chi connectivity index (χ0v) is 11.3. The van der Waals surface area contributed by atoms with Gasteiger partial charge in [-0.25, -0.2) is 0 Å². The molecule has 0 bridgehead atoms. The van der Waals surface area contributed by atoms with Gasteiger partial charge < -0.3 is 15.5 Å². The van der Waals surface area contributed by atoms with Crippen LogP contribution in [-0.4, -0.2) is 42.4 Å². The summed E-state index contributed by atoms with van der Waals surface area (Å²) in [5, 5.41) is 22.4. The van der Waals surface area contributed by atoms with E-state index < -0.39 is 16.2 Å². The molecule has 4 N–H and O–H groups in total. The van der Waals surface area contributed by atoms with Crippen LogP contribution in [0.15, 0.2) is 41.3 Å². The third-order valence-electron chi connectivity index (χ3n) is 2.86. The smallest absolute Gasteiger partial charge is 0.294 e. The molecule has 0 heterocycles.